The van der Waals surface area contributed by atoms with Crippen LogP contribution in [0.3, 0.4) is 0 Å². The molecule has 1 fully saturated rings. The molecule has 1 aromatic rings. The molecule has 2 rings (SSSR count). The normalized spacial score (nSPS) is 23.9. The molecular weight excluding hydrogens is 236 g/mol. The Bertz CT molecular complexity index is 445. The van der Waals surface area contributed by atoms with Crippen LogP contribution in [0.15, 0.2) is 18.5 Å². The van der Waals surface area contributed by atoms with Crippen LogP contribution >= 0.6 is 0 Å². The number of nitrogens with two attached hydrogens (primary N) is 1. The van der Waals surface area contributed by atoms with Gasteiger partial charge in [0.05, 0.1) is 13.2 Å². The maximum atomic E-state index is 12.0. The summed E-state index contributed by atoms with van der Waals surface area (Å²) in [5, 5.41) is 3.97. The Labute approximate surface area is 104 Å². The van der Waals surface area contributed by atoms with Crippen molar-refractivity contribution in [2.45, 2.75) is 19.1 Å². The fourth-order valence-electron chi connectivity index (χ4n) is 1.86. The lowest BCUT2D eigenvalue weighted by atomic mass is 10.0. The van der Waals surface area contributed by atoms with Crippen LogP contribution in [0.1, 0.15) is 6.92 Å². The van der Waals surface area contributed by atoms with Gasteiger partial charge in [0.25, 0.3) is 5.91 Å². The number of aromatic nitrogens is 2. The van der Waals surface area contributed by atoms with Crippen molar-refractivity contribution in [3.05, 3.63) is 18.5 Å². The highest BCUT2D eigenvalue weighted by Gasteiger charge is 2.39. The molecule has 98 valence electrons. The Morgan fingerprint density at radius 2 is 2.33 bits per heavy atom. The third-order valence-corrected chi connectivity index (χ3v) is 3.00. The van der Waals surface area contributed by atoms with Gasteiger partial charge in [-0.15, -0.1) is 0 Å². The molecule has 1 aliphatic heterocycles. The maximum Gasteiger partial charge on any atom is 0.251 e. The summed E-state index contributed by atoms with van der Waals surface area (Å²) in [5.41, 5.74) is 4.18. The number of hydrogen-bond donors (Lipinski definition) is 1. The van der Waals surface area contributed by atoms with Gasteiger partial charge < -0.3 is 15.4 Å². The summed E-state index contributed by atoms with van der Waals surface area (Å²) in [6.45, 7) is 2.71. The molecule has 0 aromatic carbocycles. The van der Waals surface area contributed by atoms with Crippen molar-refractivity contribution in [2.24, 2.45) is 5.73 Å². The third kappa shape index (κ3) is 2.51. The standard InChI is InChI=1S/C11H16N4O3/c1-11(10(12)17)8-14(5-6-18-11)9(16)7-15-4-2-3-13-15/h2-4H,5-8H2,1H3,(H2,12,17)/t11-/m0/s1. The Hall–Kier alpha value is -1.89. The number of hydrogen-bond acceptors (Lipinski definition) is 4. The number of carbonyl (C=O) groups is 2. The summed E-state index contributed by atoms with van der Waals surface area (Å²) in [6.07, 6.45) is 3.33. The van der Waals surface area contributed by atoms with Crippen LogP contribution in [0.5, 0.6) is 0 Å². The summed E-state index contributed by atoms with van der Waals surface area (Å²) in [5.74, 6) is -0.659. The molecule has 0 spiro atoms. The van der Waals surface area contributed by atoms with E-state index in [0.717, 1.165) is 0 Å². The lowest BCUT2D eigenvalue weighted by Gasteiger charge is -2.38. The predicted molar refractivity (Wildman–Crippen MR) is 62.4 cm³/mol. The van der Waals surface area contributed by atoms with E-state index in [4.69, 9.17) is 10.5 Å². The van der Waals surface area contributed by atoms with E-state index in [0.29, 0.717) is 13.2 Å². The zero-order valence-corrected chi connectivity index (χ0v) is 10.2. The number of nitrogens with zero attached hydrogens (tertiary/aromatic N) is 3. The second-order valence-corrected chi connectivity index (χ2v) is 4.46. The molecule has 0 saturated carbocycles. The van der Waals surface area contributed by atoms with Crippen molar-refractivity contribution in [3.8, 4) is 0 Å². The van der Waals surface area contributed by atoms with Gasteiger partial charge in [0, 0.05) is 18.9 Å². The van der Waals surface area contributed by atoms with Crippen molar-refractivity contribution in [3.63, 3.8) is 0 Å². The van der Waals surface area contributed by atoms with Crippen molar-refractivity contribution in [2.75, 3.05) is 19.7 Å². The first-order valence-corrected chi connectivity index (χ1v) is 5.70. The summed E-state index contributed by atoms with van der Waals surface area (Å²) in [7, 11) is 0. The molecular formula is C11H16N4O3. The lowest BCUT2D eigenvalue weighted by molar-refractivity contribution is -0.160. The highest BCUT2D eigenvalue weighted by molar-refractivity contribution is 5.85. The smallest absolute Gasteiger partial charge is 0.251 e. The molecule has 1 saturated heterocycles. The van der Waals surface area contributed by atoms with Crippen molar-refractivity contribution in [1.82, 2.24) is 14.7 Å². The van der Waals surface area contributed by atoms with Crippen LogP contribution in [-0.4, -0.2) is 51.8 Å². The number of amides is 2. The molecule has 0 aliphatic carbocycles. The molecule has 0 bridgehead atoms. The summed E-state index contributed by atoms with van der Waals surface area (Å²) in [4.78, 5) is 24.9. The zero-order valence-electron chi connectivity index (χ0n) is 10.2. The molecule has 1 aromatic heterocycles. The maximum absolute atomic E-state index is 12.0. The van der Waals surface area contributed by atoms with E-state index in [1.807, 2.05) is 0 Å². The average Bonchev–Trinajstić information content (AvgIpc) is 2.81. The molecule has 1 atom stereocenters. The quantitative estimate of drug-likeness (QED) is 0.746. The highest BCUT2D eigenvalue weighted by atomic mass is 16.5. The SMILES string of the molecule is C[C@@]1(C(N)=O)CN(C(=O)Cn2cccn2)CCO1. The Kier molecular flexibility index (Phi) is 3.33. The van der Waals surface area contributed by atoms with Crippen molar-refractivity contribution >= 4 is 11.8 Å². The molecule has 2 N–H and O–H groups in total. The number of carbonyl (C=O) groups excluding carboxylic acids is 2. The molecule has 0 unspecified atom stereocenters. The molecule has 18 heavy (non-hydrogen) atoms. The van der Waals surface area contributed by atoms with Gasteiger partial charge in [-0.1, -0.05) is 0 Å². The average molecular weight is 252 g/mol. The topological polar surface area (TPSA) is 90.5 Å². The van der Waals surface area contributed by atoms with Crippen LogP contribution in [0, 0.1) is 0 Å². The van der Waals surface area contributed by atoms with Crippen LogP contribution in [0.2, 0.25) is 0 Å². The van der Waals surface area contributed by atoms with E-state index in [2.05, 4.69) is 5.10 Å². The second kappa shape index (κ2) is 4.77. The minimum absolute atomic E-state index is 0.102. The van der Waals surface area contributed by atoms with Gasteiger partial charge in [0.15, 0.2) is 5.60 Å². The molecule has 0 radical (unpaired) electrons. The number of ether oxygens (including phenoxy) is 1. The summed E-state index contributed by atoms with van der Waals surface area (Å²) >= 11 is 0. The van der Waals surface area contributed by atoms with E-state index in [1.54, 1.807) is 35.0 Å². The number of primary amides is 1. The fourth-order valence-corrected chi connectivity index (χ4v) is 1.86. The number of rotatable bonds is 3. The van der Waals surface area contributed by atoms with Gasteiger partial charge in [0.1, 0.15) is 6.54 Å². The van der Waals surface area contributed by atoms with Crippen molar-refractivity contribution < 1.29 is 14.3 Å². The van der Waals surface area contributed by atoms with Gasteiger partial charge >= 0.3 is 0 Å². The van der Waals surface area contributed by atoms with Gasteiger partial charge in [-0.3, -0.25) is 14.3 Å². The summed E-state index contributed by atoms with van der Waals surface area (Å²) in [6, 6.07) is 1.75. The fraction of sp³-hybridized carbons (Fsp3) is 0.545. The molecule has 7 nitrogen and oxygen atoms in total. The van der Waals surface area contributed by atoms with Gasteiger partial charge in [-0.25, -0.2) is 0 Å². The van der Waals surface area contributed by atoms with E-state index in [1.165, 1.54) is 0 Å². The predicted octanol–water partition coefficient (Wildman–Crippen LogP) is -1.01. The Morgan fingerprint density at radius 3 is 2.94 bits per heavy atom. The second-order valence-electron chi connectivity index (χ2n) is 4.46. The van der Waals surface area contributed by atoms with E-state index in [9.17, 15) is 9.59 Å². The molecule has 2 amide bonds. The van der Waals surface area contributed by atoms with Crippen LogP contribution in [0.25, 0.3) is 0 Å². The van der Waals surface area contributed by atoms with Crippen molar-refractivity contribution in [1.29, 1.82) is 0 Å². The van der Waals surface area contributed by atoms with Crippen LogP contribution < -0.4 is 5.73 Å². The molecule has 7 heteroatoms. The summed E-state index contributed by atoms with van der Waals surface area (Å²) < 4.78 is 6.89. The molecule has 1 aliphatic rings. The first-order chi connectivity index (χ1) is 8.51. The lowest BCUT2D eigenvalue weighted by Crippen LogP contribution is -2.58. The highest BCUT2D eigenvalue weighted by Crippen LogP contribution is 2.17. The van der Waals surface area contributed by atoms with Gasteiger partial charge in [-0.2, -0.15) is 5.10 Å². The van der Waals surface area contributed by atoms with Gasteiger partial charge in [-0.05, 0) is 13.0 Å². The first-order valence-electron chi connectivity index (χ1n) is 5.70. The first kappa shape index (κ1) is 12.6. The molecule has 2 heterocycles. The third-order valence-electron chi connectivity index (χ3n) is 3.00. The Balaban J connectivity index is 2.00. The van der Waals surface area contributed by atoms with Crippen LogP contribution in [0.4, 0.5) is 0 Å². The largest absolute Gasteiger partial charge is 0.367 e. The number of morpholine rings is 1. The Morgan fingerprint density at radius 1 is 1.56 bits per heavy atom. The van der Waals surface area contributed by atoms with E-state index < -0.39 is 11.5 Å². The van der Waals surface area contributed by atoms with E-state index >= 15 is 0 Å². The van der Waals surface area contributed by atoms with Crippen LogP contribution in [-0.2, 0) is 20.9 Å². The zero-order chi connectivity index (χ0) is 13.2. The van der Waals surface area contributed by atoms with Gasteiger partial charge in [0.2, 0.25) is 5.91 Å². The monoisotopic (exact) mass is 252 g/mol. The minimum atomic E-state index is -1.10. The van der Waals surface area contributed by atoms with E-state index in [-0.39, 0.29) is 19.0 Å². The minimum Gasteiger partial charge on any atom is -0.367 e.